The molecule has 0 unspecified atom stereocenters. The first-order valence-electron chi connectivity index (χ1n) is 10.7. The maximum atomic E-state index is 5.66. The Hall–Kier alpha value is -2.46. The van der Waals surface area contributed by atoms with Crippen molar-refractivity contribution in [3.63, 3.8) is 0 Å². The molecule has 1 fully saturated rings. The summed E-state index contributed by atoms with van der Waals surface area (Å²) in [5, 5.41) is 3.77. The number of hydrogen-bond donors (Lipinski definition) is 1. The molecule has 152 valence electrons. The Bertz CT molecular complexity index is 921. The molecule has 0 aromatic heterocycles. The first-order valence-corrected chi connectivity index (χ1v) is 10.7. The van der Waals surface area contributed by atoms with Crippen molar-refractivity contribution in [1.82, 2.24) is 5.32 Å². The highest BCUT2D eigenvalue weighted by Gasteiger charge is 2.61. The molecule has 2 aromatic rings. The summed E-state index contributed by atoms with van der Waals surface area (Å²) in [6, 6.07) is 15.6. The van der Waals surface area contributed by atoms with Crippen LogP contribution in [0.5, 0.6) is 0 Å². The van der Waals surface area contributed by atoms with Crippen molar-refractivity contribution in [3.8, 4) is 12.3 Å². The van der Waals surface area contributed by atoms with Gasteiger partial charge >= 0.3 is 0 Å². The molecule has 0 spiro atoms. The summed E-state index contributed by atoms with van der Waals surface area (Å²) in [5.74, 6) is 3.40. The Labute approximate surface area is 177 Å². The number of hydrogen-bond acceptors (Lipinski definition) is 1. The topological polar surface area (TPSA) is 12.0 Å². The Morgan fingerprint density at radius 3 is 2.24 bits per heavy atom. The van der Waals surface area contributed by atoms with Gasteiger partial charge in [-0.2, -0.15) is 0 Å². The second-order valence-electron chi connectivity index (χ2n) is 9.81. The van der Waals surface area contributed by atoms with Crippen LogP contribution in [0.4, 0.5) is 0 Å². The predicted molar refractivity (Wildman–Crippen MR) is 126 cm³/mol. The third-order valence-corrected chi connectivity index (χ3v) is 7.15. The highest BCUT2D eigenvalue weighted by atomic mass is 15.0. The second-order valence-corrected chi connectivity index (χ2v) is 9.81. The number of aryl methyl sites for hydroxylation is 2. The predicted octanol–water partition coefficient (Wildman–Crippen LogP) is 6.39. The van der Waals surface area contributed by atoms with Crippen LogP contribution >= 0.6 is 0 Å². The molecule has 1 saturated carbocycles. The number of terminal acetylenes is 1. The Morgan fingerprint density at radius 2 is 1.69 bits per heavy atom. The number of nitrogens with one attached hydrogen (secondary N) is 1. The highest BCUT2D eigenvalue weighted by molar-refractivity contribution is 5.62. The van der Waals surface area contributed by atoms with Gasteiger partial charge < -0.3 is 5.32 Å². The van der Waals surface area contributed by atoms with Crippen LogP contribution in [0.2, 0.25) is 0 Å². The number of rotatable bonds is 6. The molecule has 0 aliphatic heterocycles. The molecular weight excluding hydrogens is 350 g/mol. The molecule has 3 rings (SSSR count). The molecule has 1 N–H and O–H groups in total. The van der Waals surface area contributed by atoms with Crippen LogP contribution < -0.4 is 5.32 Å². The fourth-order valence-corrected chi connectivity index (χ4v) is 5.58. The van der Waals surface area contributed by atoms with E-state index in [1.165, 1.54) is 22.3 Å². The normalized spacial score (nSPS) is 21.7. The van der Waals surface area contributed by atoms with Gasteiger partial charge in [-0.05, 0) is 59.3 Å². The van der Waals surface area contributed by atoms with Crippen LogP contribution in [0.1, 0.15) is 62.4 Å². The van der Waals surface area contributed by atoms with E-state index in [1.54, 1.807) is 0 Å². The zero-order valence-corrected chi connectivity index (χ0v) is 18.9. The van der Waals surface area contributed by atoms with Crippen molar-refractivity contribution in [2.24, 2.45) is 16.7 Å². The largest absolute Gasteiger partial charge is 0.381 e. The minimum Gasteiger partial charge on any atom is -0.381 e. The first-order chi connectivity index (χ1) is 13.6. The lowest BCUT2D eigenvalue weighted by molar-refractivity contribution is -0.119. The molecule has 0 amide bonds. The van der Waals surface area contributed by atoms with Gasteiger partial charge in [0.2, 0.25) is 0 Å². The van der Waals surface area contributed by atoms with Gasteiger partial charge in [0, 0.05) is 17.3 Å². The van der Waals surface area contributed by atoms with E-state index < -0.39 is 0 Å². The van der Waals surface area contributed by atoms with Crippen molar-refractivity contribution in [2.75, 3.05) is 0 Å². The van der Waals surface area contributed by atoms with Crippen molar-refractivity contribution >= 4 is 5.70 Å². The molecule has 0 bridgehead atoms. The monoisotopic (exact) mass is 385 g/mol. The maximum Gasteiger partial charge on any atom is 0.0369 e. The molecule has 0 heterocycles. The summed E-state index contributed by atoms with van der Waals surface area (Å²) in [6.07, 6.45) is 7.71. The standard InChI is InChI=1S/C28H35N/c1-9-22-16-13-21(17-23(22)10-2)18-25-27(5,6)26(28(25,7)8)29-20(4)24-14-11-19(3)12-15-24/h1,11-17,25-26,29H,4,10,18H2,2-3,5-8H3. The molecular formula is C28H35N. The zero-order valence-electron chi connectivity index (χ0n) is 18.9. The Balaban J connectivity index is 1.77. The lowest BCUT2D eigenvalue weighted by Crippen LogP contribution is -2.69. The van der Waals surface area contributed by atoms with Gasteiger partial charge in [-0.25, -0.2) is 0 Å². The quantitative estimate of drug-likeness (QED) is 0.568. The maximum absolute atomic E-state index is 5.66. The van der Waals surface area contributed by atoms with E-state index in [1.807, 2.05) is 0 Å². The van der Waals surface area contributed by atoms with Crippen molar-refractivity contribution in [2.45, 2.75) is 60.4 Å². The molecule has 1 heteroatoms. The van der Waals surface area contributed by atoms with Crippen LogP contribution in [0.15, 0.2) is 49.0 Å². The summed E-state index contributed by atoms with van der Waals surface area (Å²) in [7, 11) is 0. The molecule has 1 aliphatic carbocycles. The lowest BCUT2D eigenvalue weighted by atomic mass is 9.43. The van der Waals surface area contributed by atoms with Gasteiger partial charge in [-0.3, -0.25) is 0 Å². The fourth-order valence-electron chi connectivity index (χ4n) is 5.58. The molecule has 0 saturated heterocycles. The minimum absolute atomic E-state index is 0.175. The van der Waals surface area contributed by atoms with Gasteiger partial charge in [0.05, 0.1) is 0 Å². The van der Waals surface area contributed by atoms with Crippen molar-refractivity contribution in [3.05, 3.63) is 76.9 Å². The average Bonchev–Trinajstić information content (AvgIpc) is 2.69. The van der Waals surface area contributed by atoms with Gasteiger partial charge in [0.25, 0.3) is 0 Å². The van der Waals surface area contributed by atoms with Gasteiger partial charge in [0.1, 0.15) is 0 Å². The second kappa shape index (κ2) is 7.75. The smallest absolute Gasteiger partial charge is 0.0369 e. The summed E-state index contributed by atoms with van der Waals surface area (Å²) >= 11 is 0. The zero-order chi connectivity index (χ0) is 21.4. The van der Waals surface area contributed by atoms with Crippen LogP contribution in [0, 0.1) is 36.0 Å². The van der Waals surface area contributed by atoms with Crippen LogP contribution in [0.25, 0.3) is 5.70 Å². The van der Waals surface area contributed by atoms with E-state index in [2.05, 4.69) is 102 Å². The van der Waals surface area contributed by atoms with Crippen molar-refractivity contribution in [1.29, 1.82) is 0 Å². The SMILES string of the molecule is C#Cc1ccc(CC2C(C)(C)C(NC(=C)c3ccc(C)cc3)C2(C)C)cc1CC. The lowest BCUT2D eigenvalue weighted by Gasteiger charge is -2.65. The van der Waals surface area contributed by atoms with E-state index in [4.69, 9.17) is 6.42 Å². The Kier molecular flexibility index (Phi) is 5.68. The molecule has 0 atom stereocenters. The molecule has 1 nitrogen and oxygen atoms in total. The van der Waals surface area contributed by atoms with E-state index in [0.29, 0.717) is 12.0 Å². The fraction of sp³-hybridized carbons (Fsp3) is 0.429. The van der Waals surface area contributed by atoms with Crippen LogP contribution in [0.3, 0.4) is 0 Å². The van der Waals surface area contributed by atoms with E-state index in [-0.39, 0.29) is 10.8 Å². The van der Waals surface area contributed by atoms with Gasteiger partial charge in [-0.1, -0.05) is 89.1 Å². The average molecular weight is 386 g/mol. The van der Waals surface area contributed by atoms with Crippen LogP contribution in [-0.2, 0) is 12.8 Å². The van der Waals surface area contributed by atoms with E-state index in [9.17, 15) is 0 Å². The van der Waals surface area contributed by atoms with Gasteiger partial charge in [-0.15, -0.1) is 6.42 Å². The highest BCUT2D eigenvalue weighted by Crippen LogP contribution is 2.60. The third-order valence-electron chi connectivity index (χ3n) is 7.15. The number of benzene rings is 2. The molecule has 0 radical (unpaired) electrons. The van der Waals surface area contributed by atoms with E-state index >= 15 is 0 Å². The summed E-state index contributed by atoms with van der Waals surface area (Å²) in [4.78, 5) is 0. The third kappa shape index (κ3) is 3.86. The summed E-state index contributed by atoms with van der Waals surface area (Å²) < 4.78 is 0. The first kappa shape index (κ1) is 21.3. The molecule has 29 heavy (non-hydrogen) atoms. The minimum atomic E-state index is 0.175. The molecule has 2 aromatic carbocycles. The summed E-state index contributed by atoms with van der Waals surface area (Å²) in [5.41, 5.74) is 7.50. The summed E-state index contributed by atoms with van der Waals surface area (Å²) in [6.45, 7) is 18.2. The van der Waals surface area contributed by atoms with Gasteiger partial charge in [0.15, 0.2) is 0 Å². The Morgan fingerprint density at radius 1 is 1.07 bits per heavy atom. The van der Waals surface area contributed by atoms with E-state index in [0.717, 1.165) is 24.1 Å². The van der Waals surface area contributed by atoms with Crippen LogP contribution in [-0.4, -0.2) is 6.04 Å². The molecule has 1 aliphatic rings. The van der Waals surface area contributed by atoms with Crippen molar-refractivity contribution < 1.29 is 0 Å².